The quantitative estimate of drug-likeness (QED) is 0.875. The second-order valence-electron chi connectivity index (χ2n) is 5.54. The van der Waals surface area contributed by atoms with Crippen LogP contribution in [0.3, 0.4) is 0 Å². The van der Waals surface area contributed by atoms with Crippen molar-refractivity contribution in [2.45, 2.75) is 32.4 Å². The average Bonchev–Trinajstić information content (AvgIpc) is 3.07. The van der Waals surface area contributed by atoms with Gasteiger partial charge in [0.05, 0.1) is 17.2 Å². The number of amides is 3. The van der Waals surface area contributed by atoms with Gasteiger partial charge in [0.2, 0.25) is 0 Å². The van der Waals surface area contributed by atoms with E-state index in [4.69, 9.17) is 0 Å². The second-order valence-corrected chi connectivity index (χ2v) is 6.48. The Kier molecular flexibility index (Phi) is 3.89. The zero-order chi connectivity index (χ0) is 16.6. The highest BCUT2D eigenvalue weighted by molar-refractivity contribution is 7.09. The van der Waals surface area contributed by atoms with Crippen molar-refractivity contribution in [2.75, 3.05) is 0 Å². The molecule has 1 aromatic carbocycles. The van der Waals surface area contributed by atoms with Crippen LogP contribution in [-0.2, 0) is 23.3 Å². The van der Waals surface area contributed by atoms with E-state index < -0.39 is 11.6 Å². The summed E-state index contributed by atoms with van der Waals surface area (Å²) in [5, 5.41) is 5.52. The number of nitrogens with one attached hydrogen (secondary N) is 1. The maximum Gasteiger partial charge on any atom is 0.325 e. The highest BCUT2D eigenvalue weighted by Gasteiger charge is 2.49. The van der Waals surface area contributed by atoms with Crippen LogP contribution in [-0.4, -0.2) is 21.8 Å². The number of hydrogen-bond donors (Lipinski definition) is 1. The summed E-state index contributed by atoms with van der Waals surface area (Å²) in [5.41, 5.74) is 0.0555. The fourth-order valence-corrected chi connectivity index (χ4v) is 3.30. The van der Waals surface area contributed by atoms with Gasteiger partial charge in [0.25, 0.3) is 5.91 Å². The zero-order valence-corrected chi connectivity index (χ0v) is 13.6. The number of carbonyl (C=O) groups excluding carboxylic acids is 2. The molecule has 1 aliphatic rings. The highest BCUT2D eigenvalue weighted by atomic mass is 32.1. The molecule has 7 heteroatoms. The van der Waals surface area contributed by atoms with Crippen LogP contribution < -0.4 is 5.32 Å². The van der Waals surface area contributed by atoms with Gasteiger partial charge in [0, 0.05) is 5.38 Å². The van der Waals surface area contributed by atoms with Gasteiger partial charge in [-0.3, -0.25) is 9.69 Å². The summed E-state index contributed by atoms with van der Waals surface area (Å²) in [6.07, 6.45) is 0.818. The van der Waals surface area contributed by atoms with E-state index in [1.165, 1.54) is 35.6 Å². The van der Waals surface area contributed by atoms with Crippen molar-refractivity contribution in [1.82, 2.24) is 15.2 Å². The van der Waals surface area contributed by atoms with Crippen molar-refractivity contribution in [2.24, 2.45) is 0 Å². The van der Waals surface area contributed by atoms with Gasteiger partial charge >= 0.3 is 6.03 Å². The summed E-state index contributed by atoms with van der Waals surface area (Å²) < 4.78 is 13.1. The normalized spacial score (nSPS) is 20.9. The van der Waals surface area contributed by atoms with Crippen LogP contribution in [0.4, 0.5) is 9.18 Å². The van der Waals surface area contributed by atoms with E-state index in [-0.39, 0.29) is 18.3 Å². The summed E-state index contributed by atoms with van der Waals surface area (Å²) in [7, 11) is 0. The van der Waals surface area contributed by atoms with E-state index in [0.29, 0.717) is 11.3 Å². The Bertz CT molecular complexity index is 759. The molecule has 0 radical (unpaired) electrons. The lowest BCUT2D eigenvalue weighted by molar-refractivity contribution is -0.131. The molecule has 1 fully saturated rings. The lowest BCUT2D eigenvalue weighted by Gasteiger charge is -2.22. The molecule has 3 amide bonds. The van der Waals surface area contributed by atoms with Gasteiger partial charge in [-0.15, -0.1) is 11.3 Å². The number of hydrogen-bond acceptors (Lipinski definition) is 4. The van der Waals surface area contributed by atoms with Gasteiger partial charge < -0.3 is 5.32 Å². The van der Waals surface area contributed by atoms with Gasteiger partial charge in [0.15, 0.2) is 0 Å². The zero-order valence-electron chi connectivity index (χ0n) is 12.8. The lowest BCUT2D eigenvalue weighted by Crippen LogP contribution is -2.40. The Balaban J connectivity index is 1.85. The Morgan fingerprint density at radius 1 is 1.30 bits per heavy atom. The van der Waals surface area contributed by atoms with E-state index in [0.717, 1.165) is 16.3 Å². The molecule has 1 saturated heterocycles. The number of imide groups is 1. The third-order valence-corrected chi connectivity index (χ3v) is 4.96. The van der Waals surface area contributed by atoms with Crippen LogP contribution in [0.25, 0.3) is 0 Å². The molecular formula is C16H16FN3O2S. The Morgan fingerprint density at radius 3 is 2.61 bits per heavy atom. The minimum atomic E-state index is -1.19. The summed E-state index contributed by atoms with van der Waals surface area (Å²) in [5.74, 6) is -0.749. The molecule has 2 aromatic rings. The maximum atomic E-state index is 13.1. The standard InChI is InChI=1S/C16H16FN3O2S/c1-3-13-18-12(9-23-13)8-20-14(21)16(2,19-15(20)22)10-4-6-11(17)7-5-10/h4-7,9H,3,8H2,1-2H3,(H,19,22). The predicted octanol–water partition coefficient (Wildman–Crippen LogP) is 2.81. The second kappa shape index (κ2) is 5.73. The summed E-state index contributed by atoms with van der Waals surface area (Å²) in [4.78, 5) is 30.5. The van der Waals surface area contributed by atoms with E-state index in [9.17, 15) is 14.0 Å². The molecule has 0 bridgehead atoms. The first-order valence-corrected chi connectivity index (χ1v) is 8.15. The molecule has 0 saturated carbocycles. The molecule has 1 unspecified atom stereocenters. The first-order valence-electron chi connectivity index (χ1n) is 7.27. The Hall–Kier alpha value is -2.28. The van der Waals surface area contributed by atoms with Gasteiger partial charge in [-0.25, -0.2) is 14.2 Å². The van der Waals surface area contributed by atoms with Crippen molar-refractivity contribution in [3.63, 3.8) is 0 Å². The van der Waals surface area contributed by atoms with Crippen molar-refractivity contribution in [1.29, 1.82) is 0 Å². The predicted molar refractivity (Wildman–Crippen MR) is 84.3 cm³/mol. The van der Waals surface area contributed by atoms with E-state index in [1.54, 1.807) is 6.92 Å². The minimum Gasteiger partial charge on any atom is -0.319 e. The van der Waals surface area contributed by atoms with Gasteiger partial charge in [-0.05, 0) is 31.0 Å². The molecule has 0 spiro atoms. The molecule has 1 atom stereocenters. The SMILES string of the molecule is CCc1nc(CN2C(=O)NC(C)(c3ccc(F)cc3)C2=O)cs1. The highest BCUT2D eigenvalue weighted by Crippen LogP contribution is 2.30. The number of benzene rings is 1. The minimum absolute atomic E-state index is 0.137. The van der Waals surface area contributed by atoms with Crippen molar-refractivity contribution < 1.29 is 14.0 Å². The van der Waals surface area contributed by atoms with Crippen LogP contribution in [0, 0.1) is 5.82 Å². The van der Waals surface area contributed by atoms with Gasteiger partial charge in [0.1, 0.15) is 11.4 Å². The molecule has 5 nitrogen and oxygen atoms in total. The van der Waals surface area contributed by atoms with Crippen LogP contribution in [0.15, 0.2) is 29.6 Å². The Labute approximate surface area is 137 Å². The van der Waals surface area contributed by atoms with Gasteiger partial charge in [-0.2, -0.15) is 0 Å². The van der Waals surface area contributed by atoms with Gasteiger partial charge in [-0.1, -0.05) is 19.1 Å². The molecule has 0 aliphatic carbocycles. The Morgan fingerprint density at radius 2 is 2.00 bits per heavy atom. The van der Waals surface area contributed by atoms with Crippen LogP contribution in [0.2, 0.25) is 0 Å². The largest absolute Gasteiger partial charge is 0.325 e. The van der Waals surface area contributed by atoms with Crippen LogP contribution in [0.5, 0.6) is 0 Å². The summed E-state index contributed by atoms with van der Waals surface area (Å²) in [6.45, 7) is 3.76. The number of aromatic nitrogens is 1. The van der Waals surface area contributed by atoms with E-state index in [2.05, 4.69) is 10.3 Å². The number of halogens is 1. The molecule has 1 aliphatic heterocycles. The summed E-state index contributed by atoms with van der Waals surface area (Å²) in [6, 6.07) is 5.10. The maximum absolute atomic E-state index is 13.1. The van der Waals surface area contributed by atoms with Crippen molar-refractivity contribution in [3.8, 4) is 0 Å². The number of aryl methyl sites for hydroxylation is 1. The van der Waals surface area contributed by atoms with Crippen LogP contribution in [0.1, 0.15) is 30.1 Å². The van der Waals surface area contributed by atoms with Crippen molar-refractivity contribution in [3.05, 3.63) is 51.7 Å². The third kappa shape index (κ3) is 2.72. The average molecular weight is 333 g/mol. The topological polar surface area (TPSA) is 62.3 Å². The summed E-state index contributed by atoms with van der Waals surface area (Å²) >= 11 is 1.51. The molecule has 1 N–H and O–H groups in total. The van der Waals surface area contributed by atoms with Crippen molar-refractivity contribution >= 4 is 23.3 Å². The molecular weight excluding hydrogens is 317 g/mol. The smallest absolute Gasteiger partial charge is 0.319 e. The fourth-order valence-electron chi connectivity index (χ4n) is 2.57. The molecule has 120 valence electrons. The number of nitrogens with zero attached hydrogens (tertiary/aromatic N) is 2. The monoisotopic (exact) mass is 333 g/mol. The third-order valence-electron chi connectivity index (χ3n) is 3.92. The number of urea groups is 1. The number of carbonyl (C=O) groups is 2. The van der Waals surface area contributed by atoms with Crippen LogP contribution >= 0.6 is 11.3 Å². The molecule has 23 heavy (non-hydrogen) atoms. The molecule has 2 heterocycles. The lowest BCUT2D eigenvalue weighted by atomic mass is 9.92. The molecule has 1 aromatic heterocycles. The molecule has 3 rings (SSSR count). The van der Waals surface area contributed by atoms with E-state index >= 15 is 0 Å². The van der Waals surface area contributed by atoms with E-state index in [1.807, 2.05) is 12.3 Å². The fraction of sp³-hybridized carbons (Fsp3) is 0.312. The first-order chi connectivity index (χ1) is 10.9. The number of thiazole rings is 1. The first kappa shape index (κ1) is 15.6. The number of rotatable bonds is 4.